The molecule has 0 aromatic carbocycles. The third-order valence-corrected chi connectivity index (χ3v) is 3.02. The molecule has 1 fully saturated rings. The summed E-state index contributed by atoms with van der Waals surface area (Å²) >= 11 is 0. The molecular weight excluding hydrogens is 192 g/mol. The van der Waals surface area contributed by atoms with Crippen LogP contribution in [0.5, 0.6) is 0 Å². The molecule has 0 radical (unpaired) electrons. The highest BCUT2D eigenvalue weighted by Crippen LogP contribution is 2.32. The number of aromatic nitrogens is 2. The molecule has 4 nitrogen and oxygen atoms in total. The Labute approximate surface area is 88.7 Å². The highest BCUT2D eigenvalue weighted by molar-refractivity contribution is 5.66. The Bertz CT molecular complexity index is 340. The highest BCUT2D eigenvalue weighted by Gasteiger charge is 2.18. The topological polar surface area (TPSA) is 66.0 Å². The molecule has 0 aliphatic heterocycles. The number of aromatic amines is 1. The van der Waals surface area contributed by atoms with E-state index in [1.807, 2.05) is 6.20 Å². The molecule has 1 aromatic rings. The summed E-state index contributed by atoms with van der Waals surface area (Å²) in [6.07, 6.45) is 7.59. The predicted octanol–water partition coefficient (Wildman–Crippen LogP) is 2.08. The summed E-state index contributed by atoms with van der Waals surface area (Å²) in [7, 11) is 0. The first kappa shape index (κ1) is 10.2. The van der Waals surface area contributed by atoms with Crippen LogP contribution >= 0.6 is 0 Å². The fourth-order valence-electron chi connectivity index (χ4n) is 2.18. The van der Waals surface area contributed by atoms with Crippen LogP contribution in [0, 0.1) is 0 Å². The van der Waals surface area contributed by atoms with E-state index in [2.05, 4.69) is 9.97 Å². The SMILES string of the molecule is O=C(O)CCc1ncc(C2CCCC2)[nH]1. The molecular formula is C11H16N2O2. The Morgan fingerprint density at radius 2 is 2.27 bits per heavy atom. The third-order valence-electron chi connectivity index (χ3n) is 3.02. The normalized spacial score (nSPS) is 17.1. The number of nitrogens with zero attached hydrogens (tertiary/aromatic N) is 1. The van der Waals surface area contributed by atoms with Gasteiger partial charge in [0, 0.05) is 24.2 Å². The lowest BCUT2D eigenvalue weighted by Crippen LogP contribution is -1.99. The number of nitrogens with one attached hydrogen (secondary N) is 1. The molecule has 1 aliphatic rings. The number of aliphatic carboxylic acids is 1. The maximum atomic E-state index is 10.4. The van der Waals surface area contributed by atoms with Crippen LogP contribution < -0.4 is 0 Å². The number of imidazole rings is 1. The fourth-order valence-corrected chi connectivity index (χ4v) is 2.18. The van der Waals surface area contributed by atoms with Gasteiger partial charge >= 0.3 is 5.97 Å². The first-order chi connectivity index (χ1) is 7.25. The van der Waals surface area contributed by atoms with Gasteiger partial charge < -0.3 is 10.1 Å². The predicted molar refractivity (Wildman–Crippen MR) is 55.8 cm³/mol. The van der Waals surface area contributed by atoms with Crippen molar-refractivity contribution in [1.29, 1.82) is 0 Å². The summed E-state index contributed by atoms with van der Waals surface area (Å²) in [5, 5.41) is 8.55. The second-order valence-electron chi connectivity index (χ2n) is 4.16. The van der Waals surface area contributed by atoms with Gasteiger partial charge in [0.05, 0.1) is 6.42 Å². The van der Waals surface area contributed by atoms with Crippen molar-refractivity contribution in [2.45, 2.75) is 44.4 Å². The van der Waals surface area contributed by atoms with Gasteiger partial charge in [-0.05, 0) is 12.8 Å². The average Bonchev–Trinajstić information content (AvgIpc) is 2.85. The van der Waals surface area contributed by atoms with Gasteiger partial charge in [-0.2, -0.15) is 0 Å². The van der Waals surface area contributed by atoms with Crippen LogP contribution in [-0.2, 0) is 11.2 Å². The summed E-state index contributed by atoms with van der Waals surface area (Å²) in [6.45, 7) is 0. The fraction of sp³-hybridized carbons (Fsp3) is 0.636. The van der Waals surface area contributed by atoms with Crippen LogP contribution in [-0.4, -0.2) is 21.0 Å². The van der Waals surface area contributed by atoms with Gasteiger partial charge in [0.2, 0.25) is 0 Å². The second-order valence-corrected chi connectivity index (χ2v) is 4.16. The molecule has 4 heteroatoms. The molecule has 1 aromatic heterocycles. The molecule has 1 saturated carbocycles. The zero-order valence-electron chi connectivity index (χ0n) is 8.70. The molecule has 1 aliphatic carbocycles. The summed E-state index contributed by atoms with van der Waals surface area (Å²) in [5.74, 6) is 0.657. The molecule has 0 spiro atoms. The number of aryl methyl sites for hydroxylation is 1. The van der Waals surface area contributed by atoms with Gasteiger partial charge in [0.1, 0.15) is 5.82 Å². The highest BCUT2D eigenvalue weighted by atomic mass is 16.4. The van der Waals surface area contributed by atoms with E-state index in [9.17, 15) is 4.79 Å². The minimum atomic E-state index is -0.770. The summed E-state index contributed by atoms with van der Waals surface area (Å²) in [4.78, 5) is 17.8. The van der Waals surface area contributed by atoms with Crippen LogP contribution in [0.1, 0.15) is 49.5 Å². The molecule has 2 rings (SSSR count). The van der Waals surface area contributed by atoms with Gasteiger partial charge in [-0.25, -0.2) is 4.98 Å². The Morgan fingerprint density at radius 1 is 1.53 bits per heavy atom. The second kappa shape index (κ2) is 4.47. The quantitative estimate of drug-likeness (QED) is 0.796. The van der Waals surface area contributed by atoms with Crippen molar-refractivity contribution >= 4 is 5.97 Å². The van der Waals surface area contributed by atoms with Crippen molar-refractivity contribution in [2.24, 2.45) is 0 Å². The standard InChI is InChI=1S/C11H16N2O2/c14-11(15)6-5-10-12-7-9(13-10)8-3-1-2-4-8/h7-8H,1-6H2,(H,12,13)(H,14,15). The monoisotopic (exact) mass is 208 g/mol. The molecule has 1 heterocycles. The van der Waals surface area contributed by atoms with Crippen molar-refractivity contribution in [3.8, 4) is 0 Å². The number of H-pyrrole nitrogens is 1. The van der Waals surface area contributed by atoms with E-state index in [1.165, 1.54) is 31.4 Å². The van der Waals surface area contributed by atoms with Crippen LogP contribution in [0.4, 0.5) is 0 Å². The van der Waals surface area contributed by atoms with Crippen LogP contribution in [0.25, 0.3) is 0 Å². The first-order valence-corrected chi connectivity index (χ1v) is 5.51. The Hall–Kier alpha value is -1.32. The van der Waals surface area contributed by atoms with Gasteiger partial charge in [-0.3, -0.25) is 4.79 Å². The maximum Gasteiger partial charge on any atom is 0.303 e. The Morgan fingerprint density at radius 3 is 2.93 bits per heavy atom. The largest absolute Gasteiger partial charge is 0.481 e. The van der Waals surface area contributed by atoms with E-state index in [-0.39, 0.29) is 6.42 Å². The number of carboxylic acids is 1. The third kappa shape index (κ3) is 2.58. The molecule has 15 heavy (non-hydrogen) atoms. The molecule has 0 saturated heterocycles. The van der Waals surface area contributed by atoms with Gasteiger partial charge in [0.15, 0.2) is 0 Å². The number of hydrogen-bond acceptors (Lipinski definition) is 2. The number of hydrogen-bond donors (Lipinski definition) is 2. The zero-order valence-corrected chi connectivity index (χ0v) is 8.70. The van der Waals surface area contributed by atoms with E-state index < -0.39 is 5.97 Å². The minimum absolute atomic E-state index is 0.150. The minimum Gasteiger partial charge on any atom is -0.481 e. The summed E-state index contributed by atoms with van der Waals surface area (Å²) < 4.78 is 0. The number of carboxylic acid groups (broad SMARTS) is 1. The van der Waals surface area contributed by atoms with Crippen molar-refractivity contribution in [2.75, 3.05) is 0 Å². The van der Waals surface area contributed by atoms with Crippen LogP contribution in [0.2, 0.25) is 0 Å². The first-order valence-electron chi connectivity index (χ1n) is 5.51. The lowest BCUT2D eigenvalue weighted by Gasteiger charge is -2.04. The van der Waals surface area contributed by atoms with Crippen LogP contribution in [0.3, 0.4) is 0 Å². The molecule has 0 bridgehead atoms. The zero-order chi connectivity index (χ0) is 10.7. The Kier molecular flexibility index (Phi) is 3.04. The van der Waals surface area contributed by atoms with Crippen LogP contribution in [0.15, 0.2) is 6.20 Å². The Balaban J connectivity index is 1.94. The van der Waals surface area contributed by atoms with Gasteiger partial charge in [-0.15, -0.1) is 0 Å². The molecule has 0 unspecified atom stereocenters. The van der Waals surface area contributed by atoms with Gasteiger partial charge in [0.25, 0.3) is 0 Å². The smallest absolute Gasteiger partial charge is 0.303 e. The van der Waals surface area contributed by atoms with E-state index in [1.54, 1.807) is 0 Å². The van der Waals surface area contributed by atoms with E-state index >= 15 is 0 Å². The molecule has 0 atom stereocenters. The van der Waals surface area contributed by atoms with Crippen molar-refractivity contribution in [1.82, 2.24) is 9.97 Å². The molecule has 2 N–H and O–H groups in total. The lowest BCUT2D eigenvalue weighted by atomic mass is 10.1. The average molecular weight is 208 g/mol. The van der Waals surface area contributed by atoms with E-state index in [0.717, 1.165) is 5.82 Å². The maximum absolute atomic E-state index is 10.4. The summed E-state index contributed by atoms with van der Waals surface area (Å²) in [5.41, 5.74) is 1.19. The lowest BCUT2D eigenvalue weighted by molar-refractivity contribution is -0.137. The van der Waals surface area contributed by atoms with Gasteiger partial charge in [-0.1, -0.05) is 12.8 Å². The number of rotatable bonds is 4. The number of carbonyl (C=O) groups is 1. The van der Waals surface area contributed by atoms with E-state index in [4.69, 9.17) is 5.11 Å². The molecule has 0 amide bonds. The van der Waals surface area contributed by atoms with Crippen molar-refractivity contribution in [3.05, 3.63) is 17.7 Å². The van der Waals surface area contributed by atoms with E-state index in [0.29, 0.717) is 12.3 Å². The van der Waals surface area contributed by atoms with Crippen molar-refractivity contribution < 1.29 is 9.90 Å². The molecule has 82 valence electrons. The van der Waals surface area contributed by atoms with Crippen molar-refractivity contribution in [3.63, 3.8) is 0 Å². The summed E-state index contributed by atoms with van der Waals surface area (Å²) in [6, 6.07) is 0.